The second-order valence-electron chi connectivity index (χ2n) is 14.7. The number of halogens is 3. The molecule has 2 unspecified atom stereocenters. The summed E-state index contributed by atoms with van der Waals surface area (Å²) < 4.78 is 67.9. The third-order valence-electron chi connectivity index (χ3n) is 9.00. The molecular formula is C37H53F3N4O6. The molecule has 0 bridgehead atoms. The number of benzene rings is 2. The number of hydrogen-bond donors (Lipinski definition) is 0. The van der Waals surface area contributed by atoms with Crippen molar-refractivity contribution in [3.8, 4) is 5.75 Å². The molecule has 278 valence electrons. The van der Waals surface area contributed by atoms with E-state index >= 15 is 0 Å². The van der Waals surface area contributed by atoms with Gasteiger partial charge in [0.1, 0.15) is 11.4 Å². The summed E-state index contributed by atoms with van der Waals surface area (Å²) in [6.07, 6.45) is -5.03. The van der Waals surface area contributed by atoms with E-state index in [0.717, 1.165) is 11.6 Å². The molecule has 2 aromatic rings. The molecule has 0 N–H and O–H groups in total. The summed E-state index contributed by atoms with van der Waals surface area (Å²) in [6.45, 7) is 12.8. The lowest BCUT2D eigenvalue weighted by Crippen LogP contribution is -2.62. The molecule has 4 rings (SSSR count). The minimum atomic E-state index is -4.86. The van der Waals surface area contributed by atoms with Gasteiger partial charge < -0.3 is 38.5 Å². The number of methoxy groups -OCH3 is 2. The quantitative estimate of drug-likeness (QED) is 0.257. The summed E-state index contributed by atoms with van der Waals surface area (Å²) in [5.41, 5.74) is -2.03. The minimum absolute atomic E-state index is 0.0164. The molecule has 3 atom stereocenters. The first-order chi connectivity index (χ1) is 23.4. The van der Waals surface area contributed by atoms with Gasteiger partial charge in [-0.2, -0.15) is 13.2 Å². The van der Waals surface area contributed by atoms with E-state index < -0.39 is 58.8 Å². The van der Waals surface area contributed by atoms with Crippen LogP contribution in [0, 0.1) is 0 Å². The maximum atomic E-state index is 14.9. The molecule has 0 saturated carbocycles. The number of fused-ring (bicyclic) bond motifs is 1. The average Bonchev–Trinajstić information content (AvgIpc) is 3.02. The first kappa shape index (κ1) is 39.2. The summed E-state index contributed by atoms with van der Waals surface area (Å²) >= 11 is 0. The molecule has 2 aliphatic heterocycles. The number of nitrogens with zero attached hydrogens (tertiary/aromatic N) is 4. The maximum absolute atomic E-state index is 14.9. The highest BCUT2D eigenvalue weighted by atomic mass is 19.4. The monoisotopic (exact) mass is 706 g/mol. The largest absolute Gasteiger partial charge is 0.478 e. The fourth-order valence-corrected chi connectivity index (χ4v) is 6.93. The smallest absolute Gasteiger partial charge is 0.417 e. The molecule has 0 radical (unpaired) electrons. The summed E-state index contributed by atoms with van der Waals surface area (Å²) in [7, 11) is 4.98. The normalized spacial score (nSPS) is 21.2. The molecule has 2 amide bonds. The van der Waals surface area contributed by atoms with Crippen LogP contribution in [0.15, 0.2) is 42.5 Å². The van der Waals surface area contributed by atoms with Crippen LogP contribution < -0.4 is 9.64 Å². The molecule has 2 aliphatic rings. The van der Waals surface area contributed by atoms with E-state index in [1.807, 2.05) is 42.3 Å². The number of carbonyl (C=O) groups is 2. The van der Waals surface area contributed by atoms with Crippen molar-refractivity contribution in [2.45, 2.75) is 96.6 Å². The first-order valence-corrected chi connectivity index (χ1v) is 17.1. The Balaban J connectivity index is 1.75. The molecule has 2 heterocycles. The number of likely N-dealkylation sites (N-methyl/N-ethyl adjacent to an activating group) is 1. The van der Waals surface area contributed by atoms with Crippen molar-refractivity contribution in [1.82, 2.24) is 14.7 Å². The Morgan fingerprint density at radius 2 is 1.78 bits per heavy atom. The Morgan fingerprint density at radius 3 is 2.36 bits per heavy atom. The lowest BCUT2D eigenvalue weighted by atomic mass is 9.95. The van der Waals surface area contributed by atoms with Gasteiger partial charge in [0.15, 0.2) is 11.8 Å². The third kappa shape index (κ3) is 9.21. The second kappa shape index (κ2) is 15.8. The van der Waals surface area contributed by atoms with Crippen molar-refractivity contribution in [3.05, 3.63) is 59.2 Å². The molecular weight excluding hydrogens is 653 g/mol. The molecule has 50 heavy (non-hydrogen) atoms. The van der Waals surface area contributed by atoms with Gasteiger partial charge in [0.2, 0.25) is 0 Å². The van der Waals surface area contributed by atoms with Gasteiger partial charge in [-0.05, 0) is 79.1 Å². The molecule has 13 heteroatoms. The zero-order valence-electron chi connectivity index (χ0n) is 30.8. The fraction of sp³-hybridized carbons (Fsp3) is 0.622. The van der Waals surface area contributed by atoms with Crippen molar-refractivity contribution in [2.24, 2.45) is 0 Å². The number of ether oxygens (including phenoxy) is 4. The Labute approximate surface area is 294 Å². The number of likely N-dealkylation sites (tertiary alicyclic amines) is 1. The van der Waals surface area contributed by atoms with E-state index in [1.165, 1.54) is 30.1 Å². The highest BCUT2D eigenvalue weighted by Gasteiger charge is 2.48. The van der Waals surface area contributed by atoms with E-state index in [0.29, 0.717) is 44.7 Å². The standard InChI is InChI=1S/C37H53F3N4O6/c1-25(2)44(27-16-13-17-42(23-27)34(46)50-35(3,4)5)32(45)28-20-30-31(21-29(28)37(38,39)40)49-36(6,24-47-8)33(48-9)43(30)19-18-41(7)22-26-14-11-10-12-15-26/h10-12,14-15,20-21,25,27,33H,13,16-19,22-24H2,1-9H3/t27-,33?,36?/m1/s1. The van der Waals surface area contributed by atoms with E-state index in [9.17, 15) is 22.8 Å². The van der Waals surface area contributed by atoms with Gasteiger partial charge in [0.25, 0.3) is 5.91 Å². The van der Waals surface area contributed by atoms with Crippen molar-refractivity contribution >= 4 is 17.7 Å². The Hall–Kier alpha value is -3.55. The SMILES string of the molecule is COCC1(C)Oc2cc(C(F)(F)F)c(C(=O)N(C(C)C)[C@@H]3CCCN(C(=O)OC(C)(C)C)C3)cc2N(CCN(C)Cc2ccccc2)C1OC. The van der Waals surface area contributed by atoms with E-state index in [2.05, 4.69) is 4.90 Å². The minimum Gasteiger partial charge on any atom is -0.478 e. The van der Waals surface area contributed by atoms with Crippen LogP contribution in [0.25, 0.3) is 0 Å². The van der Waals surface area contributed by atoms with Crippen molar-refractivity contribution in [3.63, 3.8) is 0 Å². The predicted molar refractivity (Wildman–Crippen MR) is 185 cm³/mol. The Kier molecular flexibility index (Phi) is 12.4. The van der Waals surface area contributed by atoms with Crippen LogP contribution in [0.1, 0.15) is 75.9 Å². The van der Waals surface area contributed by atoms with Crippen LogP contribution in [-0.4, -0.2) is 110 Å². The number of carbonyl (C=O) groups excluding carboxylic acids is 2. The van der Waals surface area contributed by atoms with Gasteiger partial charge in [-0.15, -0.1) is 0 Å². The molecule has 0 aromatic heterocycles. The van der Waals surface area contributed by atoms with Crippen molar-refractivity contribution < 1.29 is 41.7 Å². The summed E-state index contributed by atoms with van der Waals surface area (Å²) in [6, 6.07) is 11.2. The average molecular weight is 707 g/mol. The maximum Gasteiger partial charge on any atom is 0.417 e. The molecule has 10 nitrogen and oxygen atoms in total. The van der Waals surface area contributed by atoms with Gasteiger partial charge in [0, 0.05) is 53.0 Å². The molecule has 0 aliphatic carbocycles. The number of alkyl halides is 3. The van der Waals surface area contributed by atoms with Gasteiger partial charge in [-0.25, -0.2) is 4.79 Å². The summed E-state index contributed by atoms with van der Waals surface area (Å²) in [5, 5.41) is 0. The number of hydrogen-bond acceptors (Lipinski definition) is 8. The Morgan fingerprint density at radius 1 is 1.10 bits per heavy atom. The van der Waals surface area contributed by atoms with Gasteiger partial charge in [0.05, 0.1) is 29.5 Å². The predicted octanol–water partition coefficient (Wildman–Crippen LogP) is 6.66. The Bertz CT molecular complexity index is 1470. The number of anilines is 1. The third-order valence-corrected chi connectivity index (χ3v) is 9.00. The van der Waals surface area contributed by atoms with Crippen LogP contribution >= 0.6 is 0 Å². The molecule has 0 spiro atoms. The van der Waals surface area contributed by atoms with Crippen LogP contribution in [-0.2, 0) is 26.9 Å². The number of rotatable bonds is 11. The molecule has 1 fully saturated rings. The fourth-order valence-electron chi connectivity index (χ4n) is 6.93. The van der Waals surface area contributed by atoms with Gasteiger partial charge in [-0.1, -0.05) is 30.3 Å². The van der Waals surface area contributed by atoms with Gasteiger partial charge >= 0.3 is 12.3 Å². The van der Waals surface area contributed by atoms with E-state index in [1.54, 1.807) is 41.5 Å². The lowest BCUT2D eigenvalue weighted by molar-refractivity contribution is -0.139. The van der Waals surface area contributed by atoms with Crippen LogP contribution in [0.4, 0.5) is 23.7 Å². The zero-order valence-corrected chi connectivity index (χ0v) is 30.8. The molecule has 2 aromatic carbocycles. The highest BCUT2D eigenvalue weighted by Crippen LogP contribution is 2.46. The van der Waals surface area contributed by atoms with Crippen molar-refractivity contribution in [2.75, 3.05) is 59.0 Å². The second-order valence-corrected chi connectivity index (χ2v) is 14.7. The van der Waals surface area contributed by atoms with E-state index in [-0.39, 0.29) is 18.9 Å². The van der Waals surface area contributed by atoms with Crippen molar-refractivity contribution in [1.29, 1.82) is 0 Å². The summed E-state index contributed by atoms with van der Waals surface area (Å²) in [5.74, 6) is -0.788. The topological polar surface area (TPSA) is 84.0 Å². The molecule has 1 saturated heterocycles. The lowest BCUT2D eigenvalue weighted by Gasteiger charge is -2.49. The summed E-state index contributed by atoms with van der Waals surface area (Å²) in [4.78, 5) is 34.4. The zero-order chi connectivity index (χ0) is 37.0. The number of piperidine rings is 1. The number of amides is 2. The van der Waals surface area contributed by atoms with Gasteiger partial charge in [-0.3, -0.25) is 4.79 Å². The van der Waals surface area contributed by atoms with Crippen LogP contribution in [0.5, 0.6) is 5.75 Å². The first-order valence-electron chi connectivity index (χ1n) is 17.1. The van der Waals surface area contributed by atoms with Crippen LogP contribution in [0.3, 0.4) is 0 Å². The van der Waals surface area contributed by atoms with Crippen LogP contribution in [0.2, 0.25) is 0 Å². The highest BCUT2D eigenvalue weighted by molar-refractivity contribution is 5.98. The van der Waals surface area contributed by atoms with E-state index in [4.69, 9.17) is 18.9 Å².